The first-order valence-corrected chi connectivity index (χ1v) is 12.9. The van der Waals surface area contributed by atoms with Crippen LogP contribution in [0.5, 0.6) is 0 Å². The zero-order valence-electron chi connectivity index (χ0n) is 20.2. The molecule has 1 aromatic heterocycles. The van der Waals surface area contributed by atoms with Crippen molar-refractivity contribution < 1.29 is 4.79 Å². The topological polar surface area (TPSA) is 65.2 Å². The quantitative estimate of drug-likeness (QED) is 0.279. The van der Waals surface area contributed by atoms with Crippen LogP contribution in [0.3, 0.4) is 0 Å². The predicted octanol–water partition coefficient (Wildman–Crippen LogP) is 6.86. The lowest BCUT2D eigenvalue weighted by Gasteiger charge is -2.34. The van der Waals surface area contributed by atoms with Crippen molar-refractivity contribution in [2.45, 2.75) is 12.8 Å². The first-order chi connectivity index (χ1) is 18.1. The van der Waals surface area contributed by atoms with Crippen LogP contribution in [0, 0.1) is 5.92 Å². The highest BCUT2D eigenvalue weighted by Crippen LogP contribution is 2.37. The molecule has 6 rings (SSSR count). The first kappa shape index (κ1) is 23.3. The van der Waals surface area contributed by atoms with Crippen LogP contribution in [-0.4, -0.2) is 24.0 Å². The number of fused-ring (bicyclic) bond motifs is 2. The summed E-state index contributed by atoms with van der Waals surface area (Å²) < 4.78 is 0. The van der Waals surface area contributed by atoms with Crippen LogP contribution in [0.15, 0.2) is 95.8 Å². The summed E-state index contributed by atoms with van der Waals surface area (Å²) >= 11 is 6.38. The molecule has 0 aliphatic carbocycles. The number of carbonyl (C=O) groups is 1. The standard InChI is InChI=1S/C31H26ClN3O2/c32-23-15-16-27-25(18-23)28(21-9-2-1-3-10-21)29(31(37)34-27)35-17-7-12-22(19-35)30(36)33-26-14-6-11-20-8-4-5-13-24(20)26/h1-6,8-11,13-16,18,22H,7,12,17,19H2,(H,33,36)(H,34,37). The Hall–Kier alpha value is -4.09. The van der Waals surface area contributed by atoms with Gasteiger partial charge in [-0.05, 0) is 48.1 Å². The number of H-pyrrole nitrogens is 1. The Labute approximate surface area is 219 Å². The molecular weight excluding hydrogens is 482 g/mol. The SMILES string of the molecule is O=C(Nc1cccc2ccccc12)C1CCCN(c2c(-c3ccccc3)c3cc(Cl)ccc3[nH]c2=O)C1. The molecule has 1 saturated heterocycles. The number of anilines is 2. The van der Waals surface area contributed by atoms with Gasteiger partial charge in [0.15, 0.2) is 0 Å². The van der Waals surface area contributed by atoms with E-state index in [0.29, 0.717) is 23.8 Å². The van der Waals surface area contributed by atoms with Crippen molar-refractivity contribution in [3.63, 3.8) is 0 Å². The molecule has 0 spiro atoms. The van der Waals surface area contributed by atoms with E-state index in [0.717, 1.165) is 51.3 Å². The third-order valence-electron chi connectivity index (χ3n) is 7.17. The maximum absolute atomic E-state index is 13.5. The lowest BCUT2D eigenvalue weighted by molar-refractivity contribution is -0.120. The fourth-order valence-corrected chi connectivity index (χ4v) is 5.59. The number of aromatic nitrogens is 1. The van der Waals surface area contributed by atoms with E-state index in [1.807, 2.05) is 84.9 Å². The summed E-state index contributed by atoms with van der Waals surface area (Å²) in [5, 5.41) is 6.74. The van der Waals surface area contributed by atoms with Gasteiger partial charge in [-0.1, -0.05) is 78.3 Å². The van der Waals surface area contributed by atoms with E-state index in [1.54, 1.807) is 6.07 Å². The number of amides is 1. The van der Waals surface area contributed by atoms with Gasteiger partial charge in [0.1, 0.15) is 5.69 Å². The van der Waals surface area contributed by atoms with Gasteiger partial charge in [-0.2, -0.15) is 0 Å². The van der Waals surface area contributed by atoms with E-state index in [2.05, 4.69) is 15.2 Å². The second-order valence-electron chi connectivity index (χ2n) is 9.53. The second kappa shape index (κ2) is 9.75. The Morgan fingerprint density at radius 3 is 2.57 bits per heavy atom. The fourth-order valence-electron chi connectivity index (χ4n) is 5.42. The Kier molecular flexibility index (Phi) is 6.15. The number of piperidine rings is 1. The highest BCUT2D eigenvalue weighted by molar-refractivity contribution is 6.31. The molecule has 0 radical (unpaired) electrons. The van der Waals surface area contributed by atoms with Crippen molar-refractivity contribution in [2.75, 3.05) is 23.3 Å². The molecule has 0 bridgehead atoms. The third kappa shape index (κ3) is 4.47. The fraction of sp³-hybridized carbons (Fsp3) is 0.161. The maximum atomic E-state index is 13.5. The van der Waals surface area contributed by atoms with Crippen molar-refractivity contribution in [3.05, 3.63) is 106 Å². The van der Waals surface area contributed by atoms with Crippen LogP contribution < -0.4 is 15.8 Å². The Bertz CT molecular complexity index is 1670. The van der Waals surface area contributed by atoms with Crippen LogP contribution in [0.4, 0.5) is 11.4 Å². The van der Waals surface area contributed by atoms with E-state index >= 15 is 0 Å². The molecule has 1 aliphatic heterocycles. The van der Waals surface area contributed by atoms with Crippen LogP contribution >= 0.6 is 11.6 Å². The molecule has 1 atom stereocenters. The minimum Gasteiger partial charge on any atom is -0.366 e. The second-order valence-corrected chi connectivity index (χ2v) is 9.97. The summed E-state index contributed by atoms with van der Waals surface area (Å²) in [6.45, 7) is 1.17. The summed E-state index contributed by atoms with van der Waals surface area (Å²) in [5.74, 6) is -0.270. The number of carbonyl (C=O) groups excluding carboxylic acids is 1. The number of aromatic amines is 1. The van der Waals surface area contributed by atoms with Gasteiger partial charge in [0.25, 0.3) is 5.56 Å². The molecule has 5 nitrogen and oxygen atoms in total. The number of nitrogens with zero attached hydrogens (tertiary/aromatic N) is 1. The van der Waals surface area contributed by atoms with Crippen molar-refractivity contribution in [2.24, 2.45) is 5.92 Å². The van der Waals surface area contributed by atoms with Crippen LogP contribution in [0.1, 0.15) is 12.8 Å². The number of hydrogen-bond donors (Lipinski definition) is 2. The van der Waals surface area contributed by atoms with Crippen molar-refractivity contribution in [3.8, 4) is 11.1 Å². The zero-order valence-corrected chi connectivity index (χ0v) is 21.0. The van der Waals surface area contributed by atoms with Crippen LogP contribution in [-0.2, 0) is 4.79 Å². The number of halogens is 1. The molecule has 4 aromatic carbocycles. The van der Waals surface area contributed by atoms with Crippen LogP contribution in [0.25, 0.3) is 32.8 Å². The monoisotopic (exact) mass is 507 g/mol. The summed E-state index contributed by atoms with van der Waals surface area (Å²) in [5.41, 5.74) is 3.75. The molecule has 2 N–H and O–H groups in total. The van der Waals surface area contributed by atoms with Crippen molar-refractivity contribution in [1.82, 2.24) is 4.98 Å². The molecule has 5 aromatic rings. The van der Waals surface area contributed by atoms with Gasteiger partial charge >= 0.3 is 0 Å². The number of rotatable bonds is 4. The molecule has 184 valence electrons. The van der Waals surface area contributed by atoms with Gasteiger partial charge in [-0.15, -0.1) is 0 Å². The van der Waals surface area contributed by atoms with Gasteiger partial charge < -0.3 is 15.2 Å². The number of hydrogen-bond acceptors (Lipinski definition) is 3. The maximum Gasteiger partial charge on any atom is 0.272 e. The smallest absolute Gasteiger partial charge is 0.272 e. The largest absolute Gasteiger partial charge is 0.366 e. The molecule has 0 saturated carbocycles. The van der Waals surface area contributed by atoms with Gasteiger partial charge in [0.05, 0.1) is 5.92 Å². The summed E-state index contributed by atoms with van der Waals surface area (Å²) in [7, 11) is 0. The Morgan fingerprint density at radius 1 is 0.919 bits per heavy atom. The van der Waals surface area contributed by atoms with Gasteiger partial charge in [0.2, 0.25) is 5.91 Å². The highest BCUT2D eigenvalue weighted by atomic mass is 35.5. The zero-order chi connectivity index (χ0) is 25.4. The predicted molar refractivity (Wildman–Crippen MR) is 153 cm³/mol. The summed E-state index contributed by atoms with van der Waals surface area (Å²) in [6.07, 6.45) is 1.58. The number of benzene rings is 4. The number of nitrogens with one attached hydrogen (secondary N) is 2. The molecule has 1 fully saturated rings. The van der Waals surface area contributed by atoms with Crippen LogP contribution in [0.2, 0.25) is 5.02 Å². The number of pyridine rings is 1. The highest BCUT2D eigenvalue weighted by Gasteiger charge is 2.30. The van der Waals surface area contributed by atoms with E-state index in [4.69, 9.17) is 11.6 Å². The molecular formula is C31H26ClN3O2. The van der Waals surface area contributed by atoms with Gasteiger partial charge in [-0.3, -0.25) is 9.59 Å². The van der Waals surface area contributed by atoms with E-state index in [1.165, 1.54) is 0 Å². The third-order valence-corrected chi connectivity index (χ3v) is 7.40. The van der Waals surface area contributed by atoms with Gasteiger partial charge in [0, 0.05) is 45.7 Å². The van der Waals surface area contributed by atoms with E-state index < -0.39 is 0 Å². The van der Waals surface area contributed by atoms with E-state index in [-0.39, 0.29) is 17.4 Å². The molecule has 1 amide bonds. The molecule has 6 heteroatoms. The van der Waals surface area contributed by atoms with Gasteiger partial charge in [-0.25, -0.2) is 0 Å². The normalized spacial score (nSPS) is 15.7. The Balaban J connectivity index is 1.37. The molecule has 1 aliphatic rings. The molecule has 1 unspecified atom stereocenters. The summed E-state index contributed by atoms with van der Waals surface area (Å²) in [4.78, 5) is 32.0. The van der Waals surface area contributed by atoms with E-state index in [9.17, 15) is 9.59 Å². The molecule has 37 heavy (non-hydrogen) atoms. The lowest BCUT2D eigenvalue weighted by atomic mass is 9.93. The van der Waals surface area contributed by atoms with Crippen molar-refractivity contribution >= 4 is 50.6 Å². The van der Waals surface area contributed by atoms with Crippen molar-refractivity contribution in [1.29, 1.82) is 0 Å². The Morgan fingerprint density at radius 2 is 1.70 bits per heavy atom. The minimum absolute atomic E-state index is 0.0254. The first-order valence-electron chi connectivity index (χ1n) is 12.5. The minimum atomic E-state index is -0.245. The molecule has 2 heterocycles. The average molecular weight is 508 g/mol. The lowest BCUT2D eigenvalue weighted by Crippen LogP contribution is -2.43. The average Bonchev–Trinajstić information content (AvgIpc) is 2.93. The summed E-state index contributed by atoms with van der Waals surface area (Å²) in [6, 6.07) is 29.4.